The second-order valence-corrected chi connectivity index (χ2v) is 6.91. The number of hydrogen-bond donors (Lipinski definition) is 0. The number of ether oxygens (including phenoxy) is 3. The van der Waals surface area contributed by atoms with Crippen LogP contribution in [0.5, 0.6) is 11.5 Å². The van der Waals surface area contributed by atoms with E-state index in [9.17, 15) is 9.59 Å². The maximum Gasteiger partial charge on any atom is 0.331 e. The Bertz CT molecular complexity index is 937. The van der Waals surface area contributed by atoms with Crippen molar-refractivity contribution in [3.63, 3.8) is 0 Å². The topological polar surface area (TPSA) is 65.1 Å². The van der Waals surface area contributed by atoms with Gasteiger partial charge in [-0.25, -0.2) is 4.79 Å². The average Bonchev–Trinajstić information content (AvgIpc) is 3.07. The van der Waals surface area contributed by atoms with Crippen LogP contribution < -0.4 is 14.4 Å². The van der Waals surface area contributed by atoms with E-state index in [0.717, 1.165) is 17.7 Å². The van der Waals surface area contributed by atoms with Gasteiger partial charge in [-0.05, 0) is 50.1 Å². The Hall–Kier alpha value is -3.28. The molecule has 2 aromatic carbocycles. The molecule has 1 heterocycles. The van der Waals surface area contributed by atoms with E-state index >= 15 is 0 Å². The maximum atomic E-state index is 12.9. The third-order valence-corrected chi connectivity index (χ3v) is 4.93. The van der Waals surface area contributed by atoms with E-state index in [-0.39, 0.29) is 11.9 Å². The van der Waals surface area contributed by atoms with Crippen molar-refractivity contribution in [3.8, 4) is 11.5 Å². The number of carbonyl (C=O) groups excluding carboxylic acids is 2. The number of nitrogens with zero attached hydrogens (tertiary/aromatic N) is 1. The van der Waals surface area contributed by atoms with E-state index in [1.165, 1.54) is 6.08 Å². The molecule has 0 unspecified atom stereocenters. The highest BCUT2D eigenvalue weighted by atomic mass is 16.5. The zero-order valence-electron chi connectivity index (χ0n) is 17.0. The SMILES string of the molecule is COc1ccc(/C=C/C(=O)O[C@@H](C)C(=O)N2c3ccccc3C[C@H]2C)c(OC)c1. The Kier molecular flexibility index (Phi) is 6.22. The Balaban J connectivity index is 1.66. The van der Waals surface area contributed by atoms with Gasteiger partial charge in [-0.1, -0.05) is 18.2 Å². The fourth-order valence-corrected chi connectivity index (χ4v) is 3.48. The molecule has 0 N–H and O–H groups in total. The van der Waals surface area contributed by atoms with Crippen LogP contribution in [0.3, 0.4) is 0 Å². The van der Waals surface area contributed by atoms with Crippen molar-refractivity contribution in [1.29, 1.82) is 0 Å². The van der Waals surface area contributed by atoms with Crippen molar-refractivity contribution in [2.75, 3.05) is 19.1 Å². The summed E-state index contributed by atoms with van der Waals surface area (Å²) in [6.45, 7) is 3.58. The van der Waals surface area contributed by atoms with Crippen molar-refractivity contribution in [2.45, 2.75) is 32.4 Å². The zero-order valence-corrected chi connectivity index (χ0v) is 17.0. The predicted octanol–water partition coefficient (Wildman–Crippen LogP) is 3.63. The minimum Gasteiger partial charge on any atom is -0.497 e. The molecule has 1 aliphatic heterocycles. The Morgan fingerprint density at radius 3 is 2.62 bits per heavy atom. The van der Waals surface area contributed by atoms with E-state index in [1.807, 2.05) is 31.2 Å². The van der Waals surface area contributed by atoms with E-state index in [2.05, 4.69) is 0 Å². The van der Waals surface area contributed by atoms with Gasteiger partial charge in [0, 0.05) is 29.4 Å². The summed E-state index contributed by atoms with van der Waals surface area (Å²) >= 11 is 0. The number of carbonyl (C=O) groups is 2. The van der Waals surface area contributed by atoms with E-state index in [0.29, 0.717) is 17.1 Å². The summed E-state index contributed by atoms with van der Waals surface area (Å²) in [5.41, 5.74) is 2.70. The van der Waals surface area contributed by atoms with Crippen LogP contribution in [0, 0.1) is 0 Å². The van der Waals surface area contributed by atoms with Crippen molar-refractivity contribution < 1.29 is 23.8 Å². The van der Waals surface area contributed by atoms with Crippen LogP contribution in [0.1, 0.15) is 25.0 Å². The van der Waals surface area contributed by atoms with Crippen LogP contribution in [0.2, 0.25) is 0 Å². The summed E-state index contributed by atoms with van der Waals surface area (Å²) < 4.78 is 15.8. The molecule has 6 nitrogen and oxygen atoms in total. The summed E-state index contributed by atoms with van der Waals surface area (Å²) in [7, 11) is 3.11. The Morgan fingerprint density at radius 1 is 1.14 bits per heavy atom. The molecule has 1 aliphatic rings. The van der Waals surface area contributed by atoms with Gasteiger partial charge in [0.2, 0.25) is 0 Å². The van der Waals surface area contributed by atoms with Gasteiger partial charge in [0.25, 0.3) is 5.91 Å². The first kappa shape index (κ1) is 20.5. The number of esters is 1. The minimum atomic E-state index is -0.890. The fourth-order valence-electron chi connectivity index (χ4n) is 3.48. The number of amides is 1. The summed E-state index contributed by atoms with van der Waals surface area (Å²) in [4.78, 5) is 26.9. The number of para-hydroxylation sites is 1. The summed E-state index contributed by atoms with van der Waals surface area (Å²) in [6, 6.07) is 13.1. The third kappa shape index (κ3) is 4.42. The molecule has 6 heteroatoms. The molecule has 2 atom stereocenters. The van der Waals surface area contributed by atoms with Gasteiger partial charge in [-0.3, -0.25) is 4.79 Å². The Morgan fingerprint density at radius 2 is 1.90 bits per heavy atom. The number of rotatable bonds is 6. The highest BCUT2D eigenvalue weighted by Gasteiger charge is 2.34. The molecule has 0 bridgehead atoms. The van der Waals surface area contributed by atoms with Crippen molar-refractivity contribution >= 4 is 23.6 Å². The number of anilines is 1. The van der Waals surface area contributed by atoms with Gasteiger partial charge in [-0.15, -0.1) is 0 Å². The molecule has 3 rings (SSSR count). The molecule has 0 saturated heterocycles. The van der Waals surface area contributed by atoms with Gasteiger partial charge in [0.15, 0.2) is 6.10 Å². The third-order valence-electron chi connectivity index (χ3n) is 4.93. The van der Waals surface area contributed by atoms with Crippen LogP contribution in [0.4, 0.5) is 5.69 Å². The second kappa shape index (κ2) is 8.82. The van der Waals surface area contributed by atoms with Crippen LogP contribution in [-0.4, -0.2) is 38.2 Å². The lowest BCUT2D eigenvalue weighted by Gasteiger charge is -2.25. The van der Waals surface area contributed by atoms with Gasteiger partial charge in [0.1, 0.15) is 11.5 Å². The van der Waals surface area contributed by atoms with E-state index in [1.54, 1.807) is 50.3 Å². The lowest BCUT2D eigenvalue weighted by molar-refractivity contribution is -0.149. The highest BCUT2D eigenvalue weighted by Crippen LogP contribution is 2.32. The maximum absolute atomic E-state index is 12.9. The quantitative estimate of drug-likeness (QED) is 0.552. The largest absolute Gasteiger partial charge is 0.497 e. The molecular weight excluding hydrogens is 370 g/mol. The fraction of sp³-hybridized carbons (Fsp3) is 0.304. The van der Waals surface area contributed by atoms with Crippen LogP contribution in [-0.2, 0) is 20.7 Å². The average molecular weight is 395 g/mol. The zero-order chi connectivity index (χ0) is 21.0. The molecule has 29 heavy (non-hydrogen) atoms. The molecular formula is C23H25NO5. The van der Waals surface area contributed by atoms with Gasteiger partial charge < -0.3 is 19.1 Å². The molecule has 0 spiro atoms. The first-order chi connectivity index (χ1) is 13.9. The molecule has 1 amide bonds. The first-order valence-corrected chi connectivity index (χ1v) is 9.46. The molecule has 0 aromatic heterocycles. The predicted molar refractivity (Wildman–Crippen MR) is 111 cm³/mol. The van der Waals surface area contributed by atoms with E-state index in [4.69, 9.17) is 14.2 Å². The standard InChI is InChI=1S/C23H25NO5/c1-15-13-18-7-5-6-8-20(18)24(15)23(26)16(2)29-22(25)12-10-17-9-11-19(27-3)14-21(17)28-4/h5-12,14-16H,13H2,1-4H3/b12-10+/t15-,16+/m1/s1. The van der Waals surface area contributed by atoms with Crippen molar-refractivity contribution in [2.24, 2.45) is 0 Å². The molecule has 0 saturated carbocycles. The number of fused-ring (bicyclic) bond motifs is 1. The van der Waals surface area contributed by atoms with Crippen molar-refractivity contribution in [1.82, 2.24) is 0 Å². The summed E-state index contributed by atoms with van der Waals surface area (Å²) in [5, 5.41) is 0. The smallest absolute Gasteiger partial charge is 0.331 e. The number of hydrogen-bond acceptors (Lipinski definition) is 5. The lowest BCUT2D eigenvalue weighted by Crippen LogP contribution is -2.43. The molecule has 0 radical (unpaired) electrons. The second-order valence-electron chi connectivity index (χ2n) is 6.91. The molecule has 0 fully saturated rings. The van der Waals surface area contributed by atoms with E-state index < -0.39 is 12.1 Å². The van der Waals surface area contributed by atoms with Crippen LogP contribution in [0.25, 0.3) is 6.08 Å². The highest BCUT2D eigenvalue weighted by molar-refractivity contribution is 6.00. The molecule has 152 valence electrons. The molecule has 2 aromatic rings. The van der Waals surface area contributed by atoms with Gasteiger partial charge in [-0.2, -0.15) is 0 Å². The first-order valence-electron chi connectivity index (χ1n) is 9.46. The summed E-state index contributed by atoms with van der Waals surface area (Å²) in [5.74, 6) is 0.399. The van der Waals surface area contributed by atoms with Crippen LogP contribution >= 0.6 is 0 Å². The normalized spacial score (nSPS) is 16.4. The van der Waals surface area contributed by atoms with Crippen molar-refractivity contribution in [3.05, 3.63) is 59.7 Å². The lowest BCUT2D eigenvalue weighted by atomic mass is 10.1. The minimum absolute atomic E-state index is 0.0279. The number of methoxy groups -OCH3 is 2. The van der Waals surface area contributed by atoms with Gasteiger partial charge in [0.05, 0.1) is 14.2 Å². The Labute approximate surface area is 170 Å². The van der Waals surface area contributed by atoms with Gasteiger partial charge >= 0.3 is 5.97 Å². The van der Waals surface area contributed by atoms with Crippen LogP contribution in [0.15, 0.2) is 48.5 Å². The molecule has 0 aliphatic carbocycles. The monoisotopic (exact) mass is 395 g/mol. The summed E-state index contributed by atoms with van der Waals surface area (Å²) in [6.07, 6.45) is 2.78. The number of benzene rings is 2.